The van der Waals surface area contributed by atoms with Crippen LogP contribution in [0, 0.1) is 0 Å². The first-order valence-electron chi connectivity index (χ1n) is 8.84. The van der Waals surface area contributed by atoms with E-state index < -0.39 is 0 Å². The first-order valence-corrected chi connectivity index (χ1v) is 9.22. The Morgan fingerprint density at radius 1 is 0.957 bits per heavy atom. The summed E-state index contributed by atoms with van der Waals surface area (Å²) in [7, 11) is 0. The highest BCUT2D eigenvalue weighted by molar-refractivity contribution is 6.65. The van der Waals surface area contributed by atoms with Gasteiger partial charge in [-0.25, -0.2) is 4.99 Å². The van der Waals surface area contributed by atoms with Gasteiger partial charge >= 0.3 is 0 Å². The molecule has 0 aromatic carbocycles. The smallest absolute Gasteiger partial charge is 0.106 e. The third kappa shape index (κ3) is 4.78. The summed E-state index contributed by atoms with van der Waals surface area (Å²) in [5.74, 6) is 0.644. The van der Waals surface area contributed by atoms with Crippen molar-refractivity contribution in [3.8, 4) is 0 Å². The lowest BCUT2D eigenvalue weighted by molar-refractivity contribution is 0.502. The maximum Gasteiger partial charge on any atom is 0.106 e. The van der Waals surface area contributed by atoms with E-state index >= 15 is 0 Å². The van der Waals surface area contributed by atoms with Crippen LogP contribution >= 0.6 is 11.6 Å². The van der Waals surface area contributed by atoms with Crippen molar-refractivity contribution in [2.24, 2.45) is 4.99 Å². The molecule has 0 spiro atoms. The van der Waals surface area contributed by atoms with Crippen LogP contribution in [-0.4, -0.2) is 10.2 Å². The number of hydrogen-bond acceptors (Lipinski definition) is 2. The van der Waals surface area contributed by atoms with Crippen LogP contribution in [0.25, 0.3) is 0 Å². The maximum absolute atomic E-state index is 6.28. The van der Waals surface area contributed by atoms with Crippen LogP contribution in [0.1, 0.15) is 69.3 Å². The quantitative estimate of drug-likeness (QED) is 0.606. The van der Waals surface area contributed by atoms with Gasteiger partial charge in [-0.15, -0.1) is 0 Å². The molecule has 23 heavy (non-hydrogen) atoms. The molecule has 3 heteroatoms. The molecule has 1 unspecified atom stereocenters. The van der Waals surface area contributed by atoms with Crippen LogP contribution in [0.2, 0.25) is 0 Å². The van der Waals surface area contributed by atoms with Crippen molar-refractivity contribution in [2.75, 3.05) is 0 Å². The standard InChI is InChI=1S/C20H25ClN2/c21-20-9-3-1-2-8-19(23-20)18-7-5-4-6-16(10-11-18)17-12-14-22-15-13-17/h2,8,12-16H,1,3-7,9-11H2/b8-2-,19-18-,23-20?. The summed E-state index contributed by atoms with van der Waals surface area (Å²) in [6, 6.07) is 4.34. The SMILES string of the molecule is ClC1=NC(=C2/CCCCC(c3ccncc3)CC2)/C=C\CCC1. The second-order valence-electron chi connectivity index (χ2n) is 6.53. The Hall–Kier alpha value is -1.41. The van der Waals surface area contributed by atoms with Crippen LogP contribution in [-0.2, 0) is 0 Å². The van der Waals surface area contributed by atoms with Crippen molar-refractivity contribution in [1.29, 1.82) is 0 Å². The van der Waals surface area contributed by atoms with E-state index in [1.807, 2.05) is 12.4 Å². The lowest BCUT2D eigenvalue weighted by Gasteiger charge is -2.22. The minimum atomic E-state index is 0.644. The number of pyridine rings is 1. The fraction of sp³-hybridized carbons (Fsp3) is 0.500. The molecule has 0 bridgehead atoms. The van der Waals surface area contributed by atoms with Gasteiger partial charge in [-0.05, 0) is 80.2 Å². The molecule has 0 amide bonds. The molecule has 1 aromatic heterocycles. The Bertz CT molecular complexity index is 601. The first-order chi connectivity index (χ1) is 11.3. The molecule has 0 saturated heterocycles. The van der Waals surface area contributed by atoms with E-state index in [1.165, 1.54) is 36.8 Å². The normalized spacial score (nSPS) is 28.0. The van der Waals surface area contributed by atoms with E-state index in [4.69, 9.17) is 16.6 Å². The fourth-order valence-corrected chi connectivity index (χ4v) is 3.78. The van der Waals surface area contributed by atoms with Gasteiger partial charge in [-0.2, -0.15) is 0 Å². The van der Waals surface area contributed by atoms with Gasteiger partial charge in [0.25, 0.3) is 0 Å². The van der Waals surface area contributed by atoms with E-state index in [0.717, 1.165) is 43.0 Å². The minimum Gasteiger partial charge on any atom is -0.265 e. The van der Waals surface area contributed by atoms with E-state index in [1.54, 1.807) is 0 Å². The molecule has 1 aliphatic carbocycles. The Labute approximate surface area is 144 Å². The average molecular weight is 329 g/mol. The summed E-state index contributed by atoms with van der Waals surface area (Å²) in [5, 5.41) is 0.768. The summed E-state index contributed by atoms with van der Waals surface area (Å²) < 4.78 is 0. The van der Waals surface area contributed by atoms with Crippen molar-refractivity contribution in [2.45, 2.75) is 63.7 Å². The Morgan fingerprint density at radius 2 is 1.83 bits per heavy atom. The van der Waals surface area contributed by atoms with Gasteiger partial charge in [0.15, 0.2) is 0 Å². The highest BCUT2D eigenvalue weighted by atomic mass is 35.5. The molecule has 2 aliphatic rings. The van der Waals surface area contributed by atoms with E-state index in [0.29, 0.717) is 5.92 Å². The third-order valence-electron chi connectivity index (χ3n) is 4.89. The lowest BCUT2D eigenvalue weighted by atomic mass is 9.84. The number of aliphatic imine (C=N–C) groups is 1. The monoisotopic (exact) mass is 328 g/mol. The predicted molar refractivity (Wildman–Crippen MR) is 98.0 cm³/mol. The van der Waals surface area contributed by atoms with Gasteiger partial charge in [-0.3, -0.25) is 4.98 Å². The Morgan fingerprint density at radius 3 is 2.70 bits per heavy atom. The first kappa shape index (κ1) is 16.4. The number of allylic oxidation sites excluding steroid dienone is 3. The molecule has 1 aliphatic heterocycles. The molecule has 1 fully saturated rings. The van der Waals surface area contributed by atoms with Crippen molar-refractivity contribution >= 4 is 16.8 Å². The topological polar surface area (TPSA) is 25.2 Å². The van der Waals surface area contributed by atoms with E-state index in [2.05, 4.69) is 29.3 Å². The highest BCUT2D eigenvalue weighted by Gasteiger charge is 2.17. The molecular formula is C20H25ClN2. The summed E-state index contributed by atoms with van der Waals surface area (Å²) in [6.45, 7) is 0. The van der Waals surface area contributed by atoms with E-state index in [-0.39, 0.29) is 0 Å². The molecule has 1 saturated carbocycles. The molecule has 2 nitrogen and oxygen atoms in total. The number of aromatic nitrogens is 1. The van der Waals surface area contributed by atoms with Crippen LogP contribution in [0.5, 0.6) is 0 Å². The van der Waals surface area contributed by atoms with Crippen molar-refractivity contribution in [1.82, 2.24) is 4.98 Å². The molecule has 0 N–H and O–H groups in total. The maximum atomic E-state index is 6.28. The molecular weight excluding hydrogens is 304 g/mol. The third-order valence-corrected chi connectivity index (χ3v) is 5.16. The molecule has 1 aromatic rings. The van der Waals surface area contributed by atoms with Crippen molar-refractivity contribution < 1.29 is 0 Å². The summed E-state index contributed by atoms with van der Waals surface area (Å²) in [6.07, 6.45) is 18.7. The van der Waals surface area contributed by atoms with Crippen LogP contribution in [0.15, 0.2) is 52.9 Å². The second-order valence-corrected chi connectivity index (χ2v) is 6.97. The van der Waals surface area contributed by atoms with Gasteiger partial charge in [0.05, 0.1) is 5.70 Å². The Kier molecular flexibility index (Phi) is 6.04. The largest absolute Gasteiger partial charge is 0.265 e. The van der Waals surface area contributed by atoms with Crippen molar-refractivity contribution in [3.63, 3.8) is 0 Å². The fourth-order valence-electron chi connectivity index (χ4n) is 3.55. The van der Waals surface area contributed by atoms with Crippen LogP contribution in [0.4, 0.5) is 0 Å². The van der Waals surface area contributed by atoms with E-state index in [9.17, 15) is 0 Å². The minimum absolute atomic E-state index is 0.644. The number of nitrogens with zero attached hydrogens (tertiary/aromatic N) is 2. The summed E-state index contributed by atoms with van der Waals surface area (Å²) in [5.41, 5.74) is 4.05. The molecule has 1 atom stereocenters. The molecule has 2 heterocycles. The predicted octanol–water partition coefficient (Wildman–Crippen LogP) is 6.15. The summed E-state index contributed by atoms with van der Waals surface area (Å²) in [4.78, 5) is 8.84. The number of rotatable bonds is 1. The average Bonchev–Trinajstić information content (AvgIpc) is 2.52. The second kappa shape index (κ2) is 8.44. The zero-order valence-electron chi connectivity index (χ0n) is 13.7. The number of hydrogen-bond donors (Lipinski definition) is 0. The molecule has 3 rings (SSSR count). The van der Waals surface area contributed by atoms with Crippen molar-refractivity contribution in [3.05, 3.63) is 53.5 Å². The lowest BCUT2D eigenvalue weighted by Crippen LogP contribution is -2.05. The van der Waals surface area contributed by atoms with Gasteiger partial charge < -0.3 is 0 Å². The molecule has 0 radical (unpaired) electrons. The number of halogens is 1. The van der Waals surface area contributed by atoms with Gasteiger partial charge in [0.1, 0.15) is 5.17 Å². The van der Waals surface area contributed by atoms with Crippen LogP contribution < -0.4 is 0 Å². The van der Waals surface area contributed by atoms with Crippen LogP contribution in [0.3, 0.4) is 0 Å². The van der Waals surface area contributed by atoms with Gasteiger partial charge in [-0.1, -0.05) is 24.1 Å². The summed E-state index contributed by atoms with van der Waals surface area (Å²) >= 11 is 6.28. The van der Waals surface area contributed by atoms with Gasteiger partial charge in [0.2, 0.25) is 0 Å². The highest BCUT2D eigenvalue weighted by Crippen LogP contribution is 2.34. The zero-order chi connectivity index (χ0) is 15.9. The Balaban J connectivity index is 1.79. The van der Waals surface area contributed by atoms with Gasteiger partial charge in [0, 0.05) is 18.8 Å². The zero-order valence-corrected chi connectivity index (χ0v) is 14.4. The molecule has 122 valence electrons.